The van der Waals surface area contributed by atoms with Gasteiger partial charge >= 0.3 is 0 Å². The van der Waals surface area contributed by atoms with Crippen LogP contribution in [-0.2, 0) is 17.6 Å². The Kier molecular flexibility index (Phi) is 5.54. The third-order valence-electron chi connectivity index (χ3n) is 4.83. The molecule has 0 heterocycles. The Morgan fingerprint density at radius 2 is 1.15 bits per heavy atom. The van der Waals surface area contributed by atoms with Gasteiger partial charge in [0.15, 0.2) is 0 Å². The fraction of sp³-hybridized carbons (Fsp3) is 0.316. The molecule has 26 heavy (non-hydrogen) atoms. The van der Waals surface area contributed by atoms with Crippen molar-refractivity contribution in [3.63, 3.8) is 0 Å². The number of azide groups is 2. The molecule has 0 aromatic heterocycles. The summed E-state index contributed by atoms with van der Waals surface area (Å²) >= 11 is 0. The number of Topliss-reactive ketones (excluding diaryl/α,β-unsaturated/α-hetero) is 1. The molecule has 0 aliphatic heterocycles. The first-order valence-electron chi connectivity index (χ1n) is 8.51. The van der Waals surface area contributed by atoms with E-state index in [-0.39, 0.29) is 11.8 Å². The second-order valence-corrected chi connectivity index (χ2v) is 6.49. The zero-order valence-electron chi connectivity index (χ0n) is 14.2. The average Bonchev–Trinajstić information content (AvgIpc) is 2.99. The van der Waals surface area contributed by atoms with Crippen LogP contribution < -0.4 is 0 Å². The number of ketones is 1. The van der Waals surface area contributed by atoms with E-state index < -0.39 is 0 Å². The molecule has 2 aromatic carbocycles. The monoisotopic (exact) mass is 346 g/mol. The van der Waals surface area contributed by atoms with Crippen LogP contribution in [0.2, 0.25) is 0 Å². The van der Waals surface area contributed by atoms with Gasteiger partial charge in [-0.3, -0.25) is 4.79 Å². The zero-order chi connectivity index (χ0) is 18.4. The van der Waals surface area contributed by atoms with Crippen molar-refractivity contribution in [2.45, 2.75) is 25.7 Å². The number of nitrogens with zero attached hydrogens (tertiary/aromatic N) is 6. The second-order valence-electron chi connectivity index (χ2n) is 6.49. The van der Waals surface area contributed by atoms with Crippen LogP contribution in [0.25, 0.3) is 20.9 Å². The molecule has 0 spiro atoms. The maximum atomic E-state index is 12.7. The van der Waals surface area contributed by atoms with Gasteiger partial charge < -0.3 is 0 Å². The largest absolute Gasteiger partial charge is 0.299 e. The van der Waals surface area contributed by atoms with Crippen LogP contribution >= 0.6 is 0 Å². The Bertz CT molecular complexity index is 804. The highest BCUT2D eigenvalue weighted by Gasteiger charge is 2.33. The second kappa shape index (κ2) is 8.21. The van der Waals surface area contributed by atoms with Gasteiger partial charge in [-0.15, -0.1) is 0 Å². The Hall–Kier alpha value is -3.27. The van der Waals surface area contributed by atoms with Crippen LogP contribution in [0.15, 0.2) is 58.8 Å². The van der Waals surface area contributed by atoms with Gasteiger partial charge in [0.1, 0.15) is 5.78 Å². The first-order chi connectivity index (χ1) is 12.7. The lowest BCUT2D eigenvalue weighted by atomic mass is 9.92. The lowest BCUT2D eigenvalue weighted by Gasteiger charge is -2.11. The minimum absolute atomic E-state index is 0.0489. The van der Waals surface area contributed by atoms with E-state index >= 15 is 0 Å². The highest BCUT2D eigenvalue weighted by atomic mass is 16.1. The van der Waals surface area contributed by atoms with Gasteiger partial charge in [0, 0.05) is 33.0 Å². The van der Waals surface area contributed by atoms with Crippen LogP contribution in [-0.4, -0.2) is 5.78 Å². The first-order valence-corrected chi connectivity index (χ1v) is 8.51. The van der Waals surface area contributed by atoms with Crippen LogP contribution in [0.5, 0.6) is 0 Å². The van der Waals surface area contributed by atoms with Crippen molar-refractivity contribution < 1.29 is 4.79 Å². The molecule has 0 radical (unpaired) electrons. The number of benzene rings is 2. The predicted octanol–water partition coefficient (Wildman–Crippen LogP) is 5.95. The Morgan fingerprint density at radius 3 is 1.50 bits per heavy atom. The zero-order valence-corrected chi connectivity index (χ0v) is 14.2. The summed E-state index contributed by atoms with van der Waals surface area (Å²) in [5.74, 6) is 0.420. The molecule has 2 aromatic rings. The lowest BCUT2D eigenvalue weighted by molar-refractivity contribution is -0.123. The predicted molar refractivity (Wildman–Crippen MR) is 99.1 cm³/mol. The van der Waals surface area contributed by atoms with E-state index in [1.54, 1.807) is 24.3 Å². The molecule has 1 aliphatic rings. The number of rotatable bonds is 6. The van der Waals surface area contributed by atoms with E-state index in [1.165, 1.54) is 0 Å². The van der Waals surface area contributed by atoms with Crippen molar-refractivity contribution in [2.75, 3.05) is 0 Å². The number of carbonyl (C=O) groups is 1. The fourth-order valence-electron chi connectivity index (χ4n) is 3.50. The molecule has 3 rings (SSSR count). The summed E-state index contributed by atoms with van der Waals surface area (Å²) in [5, 5.41) is 7.12. The summed E-state index contributed by atoms with van der Waals surface area (Å²) in [6, 6.07) is 14.8. The number of hydrogen-bond acceptors (Lipinski definition) is 3. The summed E-state index contributed by atoms with van der Waals surface area (Å²) in [7, 11) is 0. The van der Waals surface area contributed by atoms with Crippen molar-refractivity contribution in [3.8, 4) is 0 Å². The molecule has 130 valence electrons. The van der Waals surface area contributed by atoms with Crippen molar-refractivity contribution in [1.29, 1.82) is 0 Å². The maximum absolute atomic E-state index is 12.7. The van der Waals surface area contributed by atoms with Gasteiger partial charge in [-0.1, -0.05) is 58.8 Å². The van der Waals surface area contributed by atoms with E-state index in [1.807, 2.05) is 24.3 Å². The quantitative estimate of drug-likeness (QED) is 0.359. The molecular weight excluding hydrogens is 328 g/mol. The molecule has 0 saturated heterocycles. The van der Waals surface area contributed by atoms with Gasteiger partial charge in [-0.25, -0.2) is 0 Å². The molecule has 2 unspecified atom stereocenters. The minimum Gasteiger partial charge on any atom is -0.299 e. The molecule has 1 fully saturated rings. The normalized spacial score (nSPS) is 18.8. The molecular formula is C19H18N6O. The van der Waals surface area contributed by atoms with E-state index in [0.717, 1.165) is 36.8 Å². The highest BCUT2D eigenvalue weighted by Crippen LogP contribution is 2.33. The molecule has 0 amide bonds. The topological polar surface area (TPSA) is 115 Å². The van der Waals surface area contributed by atoms with Crippen molar-refractivity contribution in [2.24, 2.45) is 22.1 Å². The SMILES string of the molecule is [N-]=[N+]=Nc1ccc(CC2CCC(Cc3ccc(N=[N+]=[N-])cc3)C2=O)cc1. The molecule has 0 bridgehead atoms. The molecule has 1 aliphatic carbocycles. The summed E-state index contributed by atoms with van der Waals surface area (Å²) in [6.07, 6.45) is 3.25. The van der Waals surface area contributed by atoms with Crippen LogP contribution in [0, 0.1) is 11.8 Å². The molecule has 1 saturated carbocycles. The third-order valence-corrected chi connectivity index (χ3v) is 4.83. The molecule has 0 N–H and O–H groups in total. The highest BCUT2D eigenvalue weighted by molar-refractivity contribution is 5.86. The van der Waals surface area contributed by atoms with Crippen LogP contribution in [0.1, 0.15) is 24.0 Å². The third kappa shape index (κ3) is 4.22. The van der Waals surface area contributed by atoms with Crippen molar-refractivity contribution >= 4 is 17.2 Å². The van der Waals surface area contributed by atoms with E-state index in [0.29, 0.717) is 17.2 Å². The summed E-state index contributed by atoms with van der Waals surface area (Å²) < 4.78 is 0. The van der Waals surface area contributed by atoms with E-state index in [4.69, 9.17) is 11.1 Å². The summed E-state index contributed by atoms with van der Waals surface area (Å²) in [5.41, 5.74) is 20.2. The number of carbonyl (C=O) groups excluding carboxylic acids is 1. The van der Waals surface area contributed by atoms with Gasteiger partial charge in [0.05, 0.1) is 0 Å². The van der Waals surface area contributed by atoms with Gasteiger partial charge in [0.2, 0.25) is 0 Å². The summed E-state index contributed by atoms with van der Waals surface area (Å²) in [4.78, 5) is 18.2. The van der Waals surface area contributed by atoms with Crippen LogP contribution in [0.4, 0.5) is 11.4 Å². The molecule has 2 atom stereocenters. The lowest BCUT2D eigenvalue weighted by Crippen LogP contribution is -2.17. The van der Waals surface area contributed by atoms with E-state index in [9.17, 15) is 4.79 Å². The fourth-order valence-corrected chi connectivity index (χ4v) is 3.50. The molecule has 7 nitrogen and oxygen atoms in total. The average molecular weight is 346 g/mol. The Morgan fingerprint density at radius 1 is 0.769 bits per heavy atom. The van der Waals surface area contributed by atoms with Gasteiger partial charge in [-0.05, 0) is 47.9 Å². The number of hydrogen-bond donors (Lipinski definition) is 0. The molecule has 7 heteroatoms. The Balaban J connectivity index is 1.60. The minimum atomic E-state index is 0.0489. The first kappa shape index (κ1) is 17.5. The van der Waals surface area contributed by atoms with Crippen LogP contribution in [0.3, 0.4) is 0 Å². The van der Waals surface area contributed by atoms with Crippen molar-refractivity contribution in [3.05, 3.63) is 80.5 Å². The maximum Gasteiger partial charge on any atom is 0.139 e. The van der Waals surface area contributed by atoms with Gasteiger partial charge in [0.25, 0.3) is 0 Å². The van der Waals surface area contributed by atoms with Gasteiger partial charge in [-0.2, -0.15) is 0 Å². The Labute approximate surface area is 150 Å². The summed E-state index contributed by atoms with van der Waals surface area (Å²) in [6.45, 7) is 0. The smallest absolute Gasteiger partial charge is 0.139 e. The van der Waals surface area contributed by atoms with Crippen molar-refractivity contribution in [1.82, 2.24) is 0 Å². The van der Waals surface area contributed by atoms with E-state index in [2.05, 4.69) is 20.1 Å². The standard InChI is InChI=1S/C19H18N6O/c20-24-22-17-7-1-13(2-8-17)11-15-5-6-16(19(15)26)12-14-3-9-18(10-4-14)23-25-21/h1-4,7-10,15-16H,5-6,11-12H2.